The van der Waals surface area contributed by atoms with E-state index in [0.717, 1.165) is 25.7 Å². The molecule has 0 amide bonds. The molecule has 0 saturated heterocycles. The molecule has 0 aliphatic carbocycles. The summed E-state index contributed by atoms with van der Waals surface area (Å²) in [5.74, 6) is 0. The van der Waals surface area contributed by atoms with E-state index in [-0.39, 0.29) is 36.9 Å². The van der Waals surface area contributed by atoms with Crippen LogP contribution in [0.3, 0.4) is 0 Å². The van der Waals surface area contributed by atoms with Crippen molar-refractivity contribution in [3.05, 3.63) is 0 Å². The summed E-state index contributed by atoms with van der Waals surface area (Å²) in [5.41, 5.74) is 0. The molecule has 0 aliphatic heterocycles. The Balaban J connectivity index is 0. The van der Waals surface area contributed by atoms with Gasteiger partial charge >= 0.3 is 6.72 Å². The molecule has 1 N–H and O–H groups in total. The molecule has 93 valence electrons. The number of rotatable bonds is 8. The fraction of sp³-hybridized carbons (Fsp3) is 1.00. The smallest absolute Gasteiger partial charge is 0.324 e. The monoisotopic (exact) mass is 395 g/mol. The first-order chi connectivity index (χ1) is 6.12. The quantitative estimate of drug-likeness (QED) is 0.507. The van der Waals surface area contributed by atoms with Crippen molar-refractivity contribution in [1.29, 1.82) is 0 Å². The van der Waals surface area contributed by atoms with Gasteiger partial charge in [-0.1, -0.05) is 26.7 Å². The Kier molecular flexibility index (Phi) is 14.6. The van der Waals surface area contributed by atoms with Crippen LogP contribution in [0, 0.1) is 36.9 Å². The van der Waals surface area contributed by atoms with Crippen molar-refractivity contribution >= 4 is 18.5 Å². The van der Waals surface area contributed by atoms with E-state index < -0.39 is 6.72 Å². The summed E-state index contributed by atoms with van der Waals surface area (Å²) in [5, 5.41) is 0. The molecule has 0 aromatic heterocycles. The van der Waals surface area contributed by atoms with Crippen LogP contribution in [0.15, 0.2) is 0 Å². The molecule has 3 nitrogen and oxygen atoms in total. The van der Waals surface area contributed by atoms with Crippen LogP contribution in [0.5, 0.6) is 0 Å². The second kappa shape index (κ2) is 11.3. The maximum Gasteiger partial charge on any atom is 0.324 e. The van der Waals surface area contributed by atoms with Gasteiger partial charge in [-0.15, -0.1) is 0 Å². The third-order valence-electron chi connectivity index (χ3n) is 1.50. The van der Waals surface area contributed by atoms with Crippen molar-refractivity contribution in [3.8, 4) is 0 Å². The molecule has 0 heterocycles. The maximum atomic E-state index is 9.45. The zero-order chi connectivity index (χ0) is 10.2. The minimum atomic E-state index is -2.92. The van der Waals surface area contributed by atoms with E-state index in [1.165, 1.54) is 0 Å². The van der Waals surface area contributed by atoms with Gasteiger partial charge in [-0.05, 0) is 24.6 Å². The normalized spacial score (nSPS) is 11.1. The Labute approximate surface area is 121 Å². The van der Waals surface area contributed by atoms with Gasteiger partial charge in [0.15, 0.2) is 0 Å². The van der Waals surface area contributed by atoms with Crippen molar-refractivity contribution in [3.63, 3.8) is 0 Å². The van der Waals surface area contributed by atoms with Crippen molar-refractivity contribution < 1.29 is 50.8 Å². The molecule has 0 rings (SSSR count). The van der Waals surface area contributed by atoms with E-state index in [0.29, 0.717) is 13.2 Å². The Morgan fingerprint density at radius 2 is 1.43 bits per heavy atom. The van der Waals surface area contributed by atoms with Crippen molar-refractivity contribution in [2.45, 2.75) is 39.5 Å². The maximum absolute atomic E-state index is 9.45. The van der Waals surface area contributed by atoms with Crippen molar-refractivity contribution in [2.75, 3.05) is 13.2 Å². The zero-order valence-electron chi connectivity index (χ0n) is 8.64. The van der Waals surface area contributed by atoms with Gasteiger partial charge < -0.3 is 13.9 Å². The third kappa shape index (κ3) is 11.8. The number of unbranched alkanes of at least 4 members (excludes halogenated alkanes) is 2. The first-order valence-corrected chi connectivity index (χ1v) is 7.33. The van der Waals surface area contributed by atoms with Crippen LogP contribution in [-0.4, -0.2) is 18.1 Å². The Hall–Kier alpha value is 1.76. The molecule has 6 heteroatoms. The van der Waals surface area contributed by atoms with Gasteiger partial charge in [0.25, 0.3) is 0 Å². The van der Waals surface area contributed by atoms with Gasteiger partial charge in [0, 0.05) is 36.9 Å². The molecule has 0 atom stereocenters. The summed E-state index contributed by atoms with van der Waals surface area (Å²) >= 11 is 4.79. The summed E-state index contributed by atoms with van der Waals surface area (Å²) in [7, 11) is 0. The summed E-state index contributed by atoms with van der Waals surface area (Å²) in [4.78, 5) is 9.45. The molecular weight excluding hydrogens is 376 g/mol. The van der Waals surface area contributed by atoms with Crippen LogP contribution in [0.1, 0.15) is 39.5 Å². The van der Waals surface area contributed by atoms with E-state index >= 15 is 0 Å². The molecule has 0 aromatic rings. The van der Waals surface area contributed by atoms with E-state index in [9.17, 15) is 4.89 Å². The minimum Gasteiger partial charge on any atom is -0.324 e. The van der Waals surface area contributed by atoms with Crippen molar-refractivity contribution in [2.24, 2.45) is 0 Å². The second-order valence-corrected chi connectivity index (χ2v) is 5.68. The van der Waals surface area contributed by atoms with Gasteiger partial charge in [-0.25, -0.2) is 0 Å². The molecule has 0 saturated carbocycles. The summed E-state index contributed by atoms with van der Waals surface area (Å²) in [6.07, 6.45) is 3.89. The molecule has 0 aliphatic rings. The van der Waals surface area contributed by atoms with Gasteiger partial charge in [-0.3, -0.25) is 0 Å². The van der Waals surface area contributed by atoms with Gasteiger partial charge in [0.2, 0.25) is 0 Å². The summed E-state index contributed by atoms with van der Waals surface area (Å²) < 4.78 is 10.2. The van der Waals surface area contributed by atoms with E-state index in [1.54, 1.807) is 0 Å². The van der Waals surface area contributed by atoms with Gasteiger partial charge in [-0.2, -0.15) is 0 Å². The zero-order valence-corrected chi connectivity index (χ0v) is 12.1. The van der Waals surface area contributed by atoms with Crippen LogP contribution < -0.4 is 0 Å². The van der Waals surface area contributed by atoms with Crippen LogP contribution in [0.25, 0.3) is 0 Å². The third-order valence-corrected chi connectivity index (χ3v) is 3.15. The van der Waals surface area contributed by atoms with E-state index in [2.05, 4.69) is 13.8 Å². The molecule has 1 radical (unpaired) electrons. The van der Waals surface area contributed by atoms with E-state index in [1.807, 2.05) is 0 Å². The Bertz CT molecular complexity index is 155. The first kappa shape index (κ1) is 18.1. The SMILES string of the molecule is CCCCOP(O)(=S)OCCCC.[Tm]. The fourth-order valence-corrected chi connectivity index (χ4v) is 1.93. The van der Waals surface area contributed by atoms with Crippen LogP contribution >= 0.6 is 6.72 Å². The Morgan fingerprint density at radius 3 is 1.71 bits per heavy atom. The Morgan fingerprint density at radius 1 is 1.07 bits per heavy atom. The molecule has 0 bridgehead atoms. The van der Waals surface area contributed by atoms with Gasteiger partial charge in [0.1, 0.15) is 0 Å². The topological polar surface area (TPSA) is 38.7 Å². The number of hydrogen-bond donors (Lipinski definition) is 1. The minimum absolute atomic E-state index is 0. The molecule has 0 fully saturated rings. The molecule has 0 unspecified atom stereocenters. The van der Waals surface area contributed by atoms with Crippen LogP contribution in [0.2, 0.25) is 0 Å². The number of hydrogen-bond acceptors (Lipinski definition) is 3. The second-order valence-electron chi connectivity index (χ2n) is 2.84. The van der Waals surface area contributed by atoms with E-state index in [4.69, 9.17) is 20.9 Å². The van der Waals surface area contributed by atoms with Crippen molar-refractivity contribution in [1.82, 2.24) is 0 Å². The fourth-order valence-electron chi connectivity index (χ4n) is 0.686. The van der Waals surface area contributed by atoms with Gasteiger partial charge in [0.05, 0.1) is 13.2 Å². The molecule has 0 spiro atoms. The summed E-state index contributed by atoms with van der Waals surface area (Å²) in [6.45, 7) is 2.19. The standard InChI is InChI=1S/C8H19O3PS.Tm/c1-3-5-7-10-12(9,13)11-8-6-4-2;/h3-8H2,1-2H3,(H,9,13);. The molecular formula is C8H19O3PSTm. The van der Waals surface area contributed by atoms with Crippen LogP contribution in [0.4, 0.5) is 0 Å². The molecule has 14 heavy (non-hydrogen) atoms. The average Bonchev–Trinajstić information content (AvgIpc) is 2.05. The first-order valence-electron chi connectivity index (χ1n) is 4.74. The van der Waals surface area contributed by atoms with Crippen LogP contribution in [-0.2, 0) is 20.9 Å². The molecule has 0 aromatic carbocycles. The predicted molar refractivity (Wildman–Crippen MR) is 58.2 cm³/mol. The predicted octanol–water partition coefficient (Wildman–Crippen LogP) is 2.84. The average molecular weight is 395 g/mol. The summed E-state index contributed by atoms with van der Waals surface area (Å²) in [6, 6.07) is 0. The largest absolute Gasteiger partial charge is 0.324 e.